The molecule has 0 spiro atoms. The molecule has 0 radical (unpaired) electrons. The van der Waals surface area contributed by atoms with E-state index in [1.807, 2.05) is 6.92 Å². The highest BCUT2D eigenvalue weighted by Crippen LogP contribution is 2.16. The molecule has 0 aliphatic heterocycles. The molecule has 32 heavy (non-hydrogen) atoms. The van der Waals surface area contributed by atoms with Crippen molar-refractivity contribution in [3.8, 4) is 0 Å². The topological polar surface area (TPSA) is 138 Å². The predicted octanol–water partition coefficient (Wildman–Crippen LogP) is 4.98. The molecule has 0 fully saturated rings. The third-order valence-corrected chi connectivity index (χ3v) is 4.62. The van der Waals surface area contributed by atoms with Gasteiger partial charge in [-0.15, -0.1) is 0 Å². The highest BCUT2D eigenvalue weighted by atomic mass is 16.5. The third-order valence-electron chi connectivity index (χ3n) is 4.62. The Morgan fingerprint density at radius 3 is 1.50 bits per heavy atom. The van der Waals surface area contributed by atoms with Crippen LogP contribution < -0.4 is 0 Å². The maximum Gasteiger partial charge on any atom is 0.339 e. The number of benzene rings is 2. The fourth-order valence-electron chi connectivity index (χ4n) is 2.89. The van der Waals surface area contributed by atoms with E-state index in [-0.39, 0.29) is 28.4 Å². The van der Waals surface area contributed by atoms with Gasteiger partial charge in [-0.3, -0.25) is 0 Å². The Hall–Kier alpha value is -3.68. The highest BCUT2D eigenvalue weighted by Gasteiger charge is 2.20. The number of carboxylic acid groups (broad SMARTS) is 3. The highest BCUT2D eigenvalue weighted by molar-refractivity contribution is 6.02. The first-order chi connectivity index (χ1) is 15.2. The first kappa shape index (κ1) is 26.4. The van der Waals surface area contributed by atoms with Crippen molar-refractivity contribution in [1.29, 1.82) is 0 Å². The van der Waals surface area contributed by atoms with Gasteiger partial charge in [0.25, 0.3) is 0 Å². The number of ether oxygens (including phenoxy) is 1. The van der Waals surface area contributed by atoms with Gasteiger partial charge in [0.1, 0.15) is 6.10 Å². The van der Waals surface area contributed by atoms with Crippen molar-refractivity contribution in [1.82, 2.24) is 0 Å². The number of carbonyl (C=O) groups excluding carboxylic acids is 1. The van der Waals surface area contributed by atoms with Crippen LogP contribution in [-0.4, -0.2) is 45.3 Å². The fourth-order valence-corrected chi connectivity index (χ4v) is 2.89. The van der Waals surface area contributed by atoms with Crippen LogP contribution in [0.15, 0.2) is 48.5 Å². The minimum Gasteiger partial charge on any atom is -0.478 e. The van der Waals surface area contributed by atoms with Gasteiger partial charge in [0.05, 0.1) is 22.3 Å². The van der Waals surface area contributed by atoms with Gasteiger partial charge in [0.15, 0.2) is 0 Å². The number of carboxylic acids is 3. The quantitative estimate of drug-likeness (QED) is 0.344. The molecule has 1 unspecified atom stereocenters. The molecule has 3 N–H and O–H groups in total. The first-order valence-electron chi connectivity index (χ1n) is 10.3. The second-order valence-electron chi connectivity index (χ2n) is 6.94. The number of unbranched alkanes of at least 4 members (excludes halogenated alkanes) is 2. The minimum atomic E-state index is -1.23. The lowest BCUT2D eigenvalue weighted by Crippen LogP contribution is -2.19. The van der Waals surface area contributed by atoms with E-state index >= 15 is 0 Å². The lowest BCUT2D eigenvalue weighted by molar-refractivity contribution is 0.0262. The van der Waals surface area contributed by atoms with Crippen LogP contribution in [0.1, 0.15) is 87.4 Å². The molecule has 0 bridgehead atoms. The molecule has 0 aromatic heterocycles. The van der Waals surface area contributed by atoms with Crippen molar-refractivity contribution in [2.75, 3.05) is 0 Å². The molecule has 0 saturated carbocycles. The molecule has 0 heterocycles. The molecule has 0 aliphatic rings. The first-order valence-corrected chi connectivity index (χ1v) is 10.3. The Kier molecular flexibility index (Phi) is 11.2. The largest absolute Gasteiger partial charge is 0.478 e. The Morgan fingerprint density at radius 1 is 0.719 bits per heavy atom. The number of rotatable bonds is 10. The van der Waals surface area contributed by atoms with Crippen LogP contribution in [0.4, 0.5) is 0 Å². The number of hydrogen-bond acceptors (Lipinski definition) is 5. The van der Waals surface area contributed by atoms with Crippen molar-refractivity contribution in [3.05, 3.63) is 70.8 Å². The van der Waals surface area contributed by atoms with Crippen LogP contribution in [-0.2, 0) is 4.74 Å². The van der Waals surface area contributed by atoms with Gasteiger partial charge in [0, 0.05) is 0 Å². The van der Waals surface area contributed by atoms with E-state index in [2.05, 4.69) is 6.92 Å². The van der Waals surface area contributed by atoms with E-state index in [1.165, 1.54) is 36.4 Å². The van der Waals surface area contributed by atoms with E-state index in [9.17, 15) is 19.2 Å². The third kappa shape index (κ3) is 8.22. The van der Waals surface area contributed by atoms with Gasteiger partial charge in [-0.25, -0.2) is 19.2 Å². The van der Waals surface area contributed by atoms with Gasteiger partial charge in [-0.05, 0) is 43.5 Å². The molecule has 0 saturated heterocycles. The van der Waals surface area contributed by atoms with Crippen molar-refractivity contribution in [2.24, 2.45) is 0 Å². The molecule has 2 aromatic rings. The van der Waals surface area contributed by atoms with E-state index < -0.39 is 23.9 Å². The minimum absolute atomic E-state index is 0.0130. The SMILES string of the molecule is CCCCCC(CC)OC(=O)c1ccccc1C(=O)O.O=C(O)c1ccccc1C(=O)O. The predicted molar refractivity (Wildman–Crippen MR) is 117 cm³/mol. The molecule has 2 aromatic carbocycles. The number of carbonyl (C=O) groups is 4. The summed E-state index contributed by atoms with van der Waals surface area (Å²) in [6, 6.07) is 11.6. The monoisotopic (exact) mass is 444 g/mol. The Labute approximate surface area is 186 Å². The van der Waals surface area contributed by atoms with Crippen molar-refractivity contribution in [2.45, 2.75) is 52.1 Å². The van der Waals surface area contributed by atoms with E-state index in [0.717, 1.165) is 32.1 Å². The molecule has 2 rings (SSSR count). The Bertz CT molecular complexity index is 902. The van der Waals surface area contributed by atoms with Gasteiger partial charge < -0.3 is 20.1 Å². The second kappa shape index (κ2) is 13.6. The van der Waals surface area contributed by atoms with Crippen LogP contribution in [0.3, 0.4) is 0 Å². The average molecular weight is 444 g/mol. The van der Waals surface area contributed by atoms with Gasteiger partial charge in [-0.2, -0.15) is 0 Å². The zero-order valence-corrected chi connectivity index (χ0v) is 18.1. The fraction of sp³-hybridized carbons (Fsp3) is 0.333. The van der Waals surface area contributed by atoms with Crippen molar-refractivity contribution >= 4 is 23.9 Å². The summed E-state index contributed by atoms with van der Waals surface area (Å²) in [5.41, 5.74) is -0.273. The van der Waals surface area contributed by atoms with E-state index in [4.69, 9.17) is 20.1 Å². The average Bonchev–Trinajstić information content (AvgIpc) is 2.78. The summed E-state index contributed by atoms with van der Waals surface area (Å²) in [6.45, 7) is 4.09. The lowest BCUT2D eigenvalue weighted by Gasteiger charge is -2.16. The summed E-state index contributed by atoms with van der Waals surface area (Å²) in [4.78, 5) is 44.1. The normalized spacial score (nSPS) is 10.9. The molecule has 0 amide bonds. The molecule has 8 heteroatoms. The number of hydrogen-bond donors (Lipinski definition) is 3. The molecular formula is C24H28O8. The molecule has 1 atom stereocenters. The van der Waals surface area contributed by atoms with E-state index in [1.54, 1.807) is 12.1 Å². The van der Waals surface area contributed by atoms with Gasteiger partial charge in [-0.1, -0.05) is 51.0 Å². The van der Waals surface area contributed by atoms with Crippen LogP contribution in [0.25, 0.3) is 0 Å². The standard InChI is InChI=1S/C16H22O4.C8H6O4/c1-3-5-6-9-12(4-2)20-16(19)14-11-8-7-10-13(14)15(17)18;9-7(10)5-3-1-2-4-6(5)8(11)12/h7-8,10-12H,3-6,9H2,1-2H3,(H,17,18);1-4H,(H,9,10)(H,11,12). The molecule has 8 nitrogen and oxygen atoms in total. The molecule has 172 valence electrons. The number of aromatic carboxylic acids is 3. The Morgan fingerprint density at radius 2 is 1.12 bits per heavy atom. The van der Waals surface area contributed by atoms with E-state index in [0.29, 0.717) is 0 Å². The Balaban J connectivity index is 0.000000363. The van der Waals surface area contributed by atoms with Crippen LogP contribution in [0, 0.1) is 0 Å². The lowest BCUT2D eigenvalue weighted by atomic mass is 10.1. The molecule has 0 aliphatic carbocycles. The van der Waals surface area contributed by atoms with Crippen LogP contribution in [0.2, 0.25) is 0 Å². The summed E-state index contributed by atoms with van der Waals surface area (Å²) >= 11 is 0. The summed E-state index contributed by atoms with van der Waals surface area (Å²) in [5.74, 6) is -4.12. The summed E-state index contributed by atoms with van der Waals surface area (Å²) < 4.78 is 5.42. The maximum atomic E-state index is 12.1. The maximum absolute atomic E-state index is 12.1. The zero-order valence-electron chi connectivity index (χ0n) is 18.1. The van der Waals surface area contributed by atoms with Gasteiger partial charge in [0.2, 0.25) is 0 Å². The van der Waals surface area contributed by atoms with Crippen LogP contribution in [0.5, 0.6) is 0 Å². The smallest absolute Gasteiger partial charge is 0.339 e. The van der Waals surface area contributed by atoms with Crippen molar-refractivity contribution < 1.29 is 39.2 Å². The van der Waals surface area contributed by atoms with Crippen LogP contribution >= 0.6 is 0 Å². The zero-order chi connectivity index (χ0) is 24.1. The second-order valence-corrected chi connectivity index (χ2v) is 6.94. The summed E-state index contributed by atoms with van der Waals surface area (Å²) in [6.07, 6.45) is 4.67. The summed E-state index contributed by atoms with van der Waals surface area (Å²) in [7, 11) is 0. The van der Waals surface area contributed by atoms with Gasteiger partial charge >= 0.3 is 23.9 Å². The summed E-state index contributed by atoms with van der Waals surface area (Å²) in [5, 5.41) is 26.2. The number of esters is 1. The molecular weight excluding hydrogens is 416 g/mol. The van der Waals surface area contributed by atoms with Crippen molar-refractivity contribution in [3.63, 3.8) is 0 Å².